The van der Waals surface area contributed by atoms with Crippen LogP contribution in [-0.2, 0) is 10.0 Å². The van der Waals surface area contributed by atoms with Gasteiger partial charge in [-0.15, -0.1) is 0 Å². The molecule has 0 saturated carbocycles. The van der Waals surface area contributed by atoms with Gasteiger partial charge < -0.3 is 0 Å². The van der Waals surface area contributed by atoms with Crippen molar-refractivity contribution in [3.8, 4) is 0 Å². The fraction of sp³-hybridized carbons (Fsp3) is 0.250. The third kappa shape index (κ3) is 2.43. The Balaban J connectivity index is 3.16. The van der Waals surface area contributed by atoms with Gasteiger partial charge in [0.05, 0.1) is 10.3 Å². The molecule has 0 aliphatic heterocycles. The number of halogens is 2. The van der Waals surface area contributed by atoms with Crippen molar-refractivity contribution >= 4 is 21.6 Å². The van der Waals surface area contributed by atoms with Crippen molar-refractivity contribution in [3.63, 3.8) is 0 Å². The van der Waals surface area contributed by atoms with Crippen molar-refractivity contribution in [1.82, 2.24) is 0 Å². The maximum atomic E-state index is 13.0. The van der Waals surface area contributed by atoms with Crippen LogP contribution in [0.4, 0.5) is 4.39 Å². The second kappa shape index (κ2) is 3.84. The number of benzene rings is 1. The van der Waals surface area contributed by atoms with Gasteiger partial charge >= 0.3 is 0 Å². The van der Waals surface area contributed by atoms with Crippen LogP contribution in [0.1, 0.15) is 17.7 Å². The zero-order chi connectivity index (χ0) is 10.9. The van der Waals surface area contributed by atoms with E-state index in [1.165, 1.54) is 19.1 Å². The minimum atomic E-state index is -3.70. The quantitative estimate of drug-likeness (QED) is 0.853. The van der Waals surface area contributed by atoms with Gasteiger partial charge in [0.15, 0.2) is 0 Å². The van der Waals surface area contributed by atoms with Crippen LogP contribution in [0.2, 0.25) is 5.02 Å². The molecule has 1 unspecified atom stereocenters. The fourth-order valence-electron chi connectivity index (χ4n) is 0.955. The summed E-state index contributed by atoms with van der Waals surface area (Å²) in [5, 5.41) is 3.93. The SMILES string of the molecule is CC(c1ccc(Cl)c(F)c1)S(N)(=O)=O. The van der Waals surface area contributed by atoms with Gasteiger partial charge in [-0.05, 0) is 24.6 Å². The first kappa shape index (κ1) is 11.4. The van der Waals surface area contributed by atoms with Crippen LogP contribution in [0.25, 0.3) is 0 Å². The molecule has 2 N–H and O–H groups in total. The van der Waals surface area contributed by atoms with Gasteiger partial charge in [0.2, 0.25) is 10.0 Å². The summed E-state index contributed by atoms with van der Waals surface area (Å²) in [7, 11) is -3.70. The van der Waals surface area contributed by atoms with E-state index >= 15 is 0 Å². The predicted molar refractivity (Wildman–Crippen MR) is 52.9 cm³/mol. The van der Waals surface area contributed by atoms with E-state index < -0.39 is 21.1 Å². The van der Waals surface area contributed by atoms with Crippen LogP contribution in [0.3, 0.4) is 0 Å². The average Bonchev–Trinajstić information content (AvgIpc) is 2.07. The fourth-order valence-corrected chi connectivity index (χ4v) is 1.60. The van der Waals surface area contributed by atoms with Gasteiger partial charge in [0, 0.05) is 0 Å². The monoisotopic (exact) mass is 237 g/mol. The largest absolute Gasteiger partial charge is 0.228 e. The average molecular weight is 238 g/mol. The van der Waals surface area contributed by atoms with Gasteiger partial charge in [0.25, 0.3) is 0 Å². The molecule has 1 rings (SSSR count). The Morgan fingerprint density at radius 2 is 2.07 bits per heavy atom. The zero-order valence-electron chi connectivity index (χ0n) is 7.37. The van der Waals surface area contributed by atoms with Crippen molar-refractivity contribution in [3.05, 3.63) is 34.6 Å². The number of primary sulfonamides is 1. The van der Waals surface area contributed by atoms with Crippen molar-refractivity contribution in [2.75, 3.05) is 0 Å². The lowest BCUT2D eigenvalue weighted by atomic mass is 10.2. The first-order chi connectivity index (χ1) is 6.32. The lowest BCUT2D eigenvalue weighted by Gasteiger charge is -2.09. The van der Waals surface area contributed by atoms with Crippen LogP contribution in [0, 0.1) is 5.82 Å². The van der Waals surface area contributed by atoms with Crippen molar-refractivity contribution in [2.45, 2.75) is 12.2 Å². The summed E-state index contributed by atoms with van der Waals surface area (Å²) in [6.07, 6.45) is 0. The number of hydrogen-bond acceptors (Lipinski definition) is 2. The van der Waals surface area contributed by atoms with Crippen molar-refractivity contribution in [1.29, 1.82) is 0 Å². The van der Waals surface area contributed by atoms with E-state index in [2.05, 4.69) is 0 Å². The van der Waals surface area contributed by atoms with Crippen LogP contribution < -0.4 is 5.14 Å². The van der Waals surface area contributed by atoms with Crippen LogP contribution >= 0.6 is 11.6 Å². The molecule has 0 radical (unpaired) electrons. The minimum absolute atomic E-state index is 0.0460. The summed E-state index contributed by atoms with van der Waals surface area (Å²) >= 11 is 5.44. The lowest BCUT2D eigenvalue weighted by Crippen LogP contribution is -2.19. The molecule has 78 valence electrons. The molecule has 0 spiro atoms. The summed E-state index contributed by atoms with van der Waals surface area (Å²) in [5.41, 5.74) is 0.286. The molecule has 1 aromatic rings. The van der Waals surface area contributed by atoms with E-state index in [0.29, 0.717) is 0 Å². The Kier molecular flexibility index (Phi) is 3.14. The number of sulfonamides is 1. The summed E-state index contributed by atoms with van der Waals surface area (Å²) in [6.45, 7) is 1.39. The molecule has 14 heavy (non-hydrogen) atoms. The molecule has 6 heteroatoms. The van der Waals surface area contributed by atoms with E-state index in [1.807, 2.05) is 0 Å². The molecular weight excluding hydrogens is 229 g/mol. The smallest absolute Gasteiger partial charge is 0.215 e. The molecule has 0 saturated heterocycles. The molecule has 3 nitrogen and oxygen atoms in total. The Bertz CT molecular complexity index is 447. The Hall–Kier alpha value is -0.650. The molecular formula is C8H9ClFNO2S. The standard InChI is InChI=1S/C8H9ClFNO2S/c1-5(14(11,12)13)6-2-3-7(9)8(10)4-6/h2-5H,1H3,(H2,11,12,13). The van der Waals surface area contributed by atoms with E-state index in [4.69, 9.17) is 16.7 Å². The second-order valence-corrected chi connectivity index (χ2v) is 5.20. The summed E-state index contributed by atoms with van der Waals surface area (Å²) < 4.78 is 34.9. The highest BCUT2D eigenvalue weighted by atomic mass is 35.5. The number of nitrogens with two attached hydrogens (primary N) is 1. The topological polar surface area (TPSA) is 60.2 Å². The highest BCUT2D eigenvalue weighted by Crippen LogP contribution is 2.23. The van der Waals surface area contributed by atoms with Gasteiger partial charge in [-0.3, -0.25) is 0 Å². The van der Waals surface area contributed by atoms with Gasteiger partial charge in [-0.25, -0.2) is 17.9 Å². The molecule has 0 heterocycles. The van der Waals surface area contributed by atoms with E-state index in [0.717, 1.165) is 6.07 Å². The van der Waals surface area contributed by atoms with Crippen LogP contribution in [0.5, 0.6) is 0 Å². The molecule has 0 aliphatic rings. The Morgan fingerprint density at radius 1 is 1.50 bits per heavy atom. The maximum absolute atomic E-state index is 13.0. The van der Waals surface area contributed by atoms with Gasteiger partial charge in [0.1, 0.15) is 5.82 Å². The maximum Gasteiger partial charge on any atom is 0.215 e. The molecule has 0 aliphatic carbocycles. The van der Waals surface area contributed by atoms with E-state index in [9.17, 15) is 12.8 Å². The van der Waals surface area contributed by atoms with E-state index in [-0.39, 0.29) is 10.6 Å². The first-order valence-electron chi connectivity index (χ1n) is 3.79. The number of rotatable bonds is 2. The molecule has 0 fully saturated rings. The molecule has 1 aromatic carbocycles. The Morgan fingerprint density at radius 3 is 2.50 bits per heavy atom. The van der Waals surface area contributed by atoms with Crippen molar-refractivity contribution < 1.29 is 12.8 Å². The first-order valence-corrected chi connectivity index (χ1v) is 5.77. The van der Waals surface area contributed by atoms with E-state index in [1.54, 1.807) is 0 Å². The molecule has 0 amide bonds. The second-order valence-electron chi connectivity index (χ2n) is 2.90. The van der Waals surface area contributed by atoms with Gasteiger partial charge in [-0.1, -0.05) is 17.7 Å². The molecule has 0 aromatic heterocycles. The lowest BCUT2D eigenvalue weighted by molar-refractivity contribution is 0.586. The highest BCUT2D eigenvalue weighted by Gasteiger charge is 2.18. The third-order valence-corrected chi connectivity index (χ3v) is 3.47. The summed E-state index contributed by atoms with van der Waals surface area (Å²) in [6, 6.07) is 3.80. The summed E-state index contributed by atoms with van der Waals surface area (Å²) in [5.74, 6) is -0.653. The Labute approximate surface area is 86.7 Å². The van der Waals surface area contributed by atoms with Crippen molar-refractivity contribution in [2.24, 2.45) is 5.14 Å². The molecule has 0 bridgehead atoms. The van der Waals surface area contributed by atoms with Crippen LogP contribution in [0.15, 0.2) is 18.2 Å². The highest BCUT2D eigenvalue weighted by molar-refractivity contribution is 7.89. The zero-order valence-corrected chi connectivity index (χ0v) is 8.94. The van der Waals surface area contributed by atoms with Crippen LogP contribution in [-0.4, -0.2) is 8.42 Å². The minimum Gasteiger partial charge on any atom is -0.228 e. The molecule has 1 atom stereocenters. The predicted octanol–water partition coefficient (Wildman–Crippen LogP) is 1.83. The normalized spacial score (nSPS) is 14.0. The third-order valence-electron chi connectivity index (χ3n) is 1.91. The number of hydrogen-bond donors (Lipinski definition) is 1. The summed E-state index contributed by atoms with van der Waals surface area (Å²) in [4.78, 5) is 0. The van der Waals surface area contributed by atoms with Gasteiger partial charge in [-0.2, -0.15) is 0 Å².